The van der Waals surface area contributed by atoms with Crippen molar-refractivity contribution >= 4 is 19.8 Å². The highest BCUT2D eigenvalue weighted by Crippen LogP contribution is 2.43. The number of esters is 2. The van der Waals surface area contributed by atoms with Crippen LogP contribution in [0, 0.1) is 0 Å². The van der Waals surface area contributed by atoms with Gasteiger partial charge >= 0.3 is 19.8 Å². The molecule has 0 amide bonds. The third-order valence-electron chi connectivity index (χ3n) is 12.0. The number of phosphoric acid groups is 1. The van der Waals surface area contributed by atoms with Gasteiger partial charge < -0.3 is 18.9 Å². The third-order valence-corrected chi connectivity index (χ3v) is 13.0. The van der Waals surface area contributed by atoms with Crippen LogP contribution in [0.5, 0.6) is 0 Å². The zero-order valence-corrected chi connectivity index (χ0v) is 46.2. The lowest BCUT2D eigenvalue weighted by Gasteiger charge is -2.24. The molecular formula is C59H107NO8P+. The Morgan fingerprint density at radius 3 is 1.23 bits per heavy atom. The van der Waals surface area contributed by atoms with Gasteiger partial charge in [-0.2, -0.15) is 0 Å². The van der Waals surface area contributed by atoms with Gasteiger partial charge in [0, 0.05) is 12.8 Å². The molecule has 1 N–H and O–H groups in total. The van der Waals surface area contributed by atoms with Crippen LogP contribution in [-0.4, -0.2) is 74.9 Å². The number of phosphoric ester groups is 1. The molecule has 0 spiro atoms. The van der Waals surface area contributed by atoms with E-state index in [0.29, 0.717) is 17.4 Å². The minimum absolute atomic E-state index is 0.0282. The van der Waals surface area contributed by atoms with Gasteiger partial charge in [-0.25, -0.2) is 4.57 Å². The molecule has 2 atom stereocenters. The Labute approximate surface area is 425 Å². The van der Waals surface area contributed by atoms with Crippen LogP contribution in [0.4, 0.5) is 0 Å². The number of unbranched alkanes of at least 4 members (excludes halogenated alkanes) is 25. The van der Waals surface area contributed by atoms with Gasteiger partial charge in [-0.3, -0.25) is 18.6 Å². The number of nitrogens with zero attached hydrogens (tertiary/aromatic N) is 1. The molecule has 0 aromatic heterocycles. The molecular weight excluding hydrogens is 882 g/mol. The Morgan fingerprint density at radius 1 is 0.464 bits per heavy atom. The fourth-order valence-corrected chi connectivity index (χ4v) is 8.37. The van der Waals surface area contributed by atoms with Gasteiger partial charge in [-0.05, 0) is 83.5 Å². The molecule has 0 aromatic rings. The van der Waals surface area contributed by atoms with Gasteiger partial charge in [-0.1, -0.05) is 215 Å². The Balaban J connectivity index is 4.17. The monoisotopic (exact) mass is 989 g/mol. The van der Waals surface area contributed by atoms with Gasteiger partial charge in [0.1, 0.15) is 19.8 Å². The van der Waals surface area contributed by atoms with Crippen molar-refractivity contribution in [2.24, 2.45) is 0 Å². The van der Waals surface area contributed by atoms with Crippen LogP contribution >= 0.6 is 7.82 Å². The number of rotatable bonds is 51. The largest absolute Gasteiger partial charge is 0.472 e. The summed E-state index contributed by atoms with van der Waals surface area (Å²) in [5.74, 6) is -0.804. The Bertz CT molecular complexity index is 1400. The van der Waals surface area contributed by atoms with Gasteiger partial charge in [0.05, 0.1) is 27.7 Å². The second-order valence-corrected chi connectivity index (χ2v) is 21.4. The summed E-state index contributed by atoms with van der Waals surface area (Å²) >= 11 is 0. The SMILES string of the molecule is CC/C=C\C/C=C\C/C=C\C/C=C\CCCCCCCCCCCCCCCCC(=O)OC(COC(=O)CCCCCCCCC/C=C\C/C=C\CCCCCC)COP(=O)(O)OCC[N+](C)(C)C. The fraction of sp³-hybridized carbons (Fsp3) is 0.763. The summed E-state index contributed by atoms with van der Waals surface area (Å²) < 4.78 is 34.5. The van der Waals surface area contributed by atoms with Crippen molar-refractivity contribution in [3.63, 3.8) is 0 Å². The molecule has 0 radical (unpaired) electrons. The number of ether oxygens (including phenoxy) is 2. The smallest absolute Gasteiger partial charge is 0.462 e. The highest BCUT2D eigenvalue weighted by atomic mass is 31.2. The van der Waals surface area contributed by atoms with E-state index < -0.39 is 26.5 Å². The molecule has 0 aromatic carbocycles. The maximum absolute atomic E-state index is 12.8. The summed E-state index contributed by atoms with van der Waals surface area (Å²) in [6, 6.07) is 0. The number of hydrogen-bond acceptors (Lipinski definition) is 7. The lowest BCUT2D eigenvalue weighted by atomic mass is 10.0. The van der Waals surface area contributed by atoms with E-state index in [1.807, 2.05) is 21.1 Å². The van der Waals surface area contributed by atoms with Gasteiger partial charge in [0.25, 0.3) is 0 Å². The number of likely N-dealkylation sites (N-methyl/N-ethyl adjacent to an activating group) is 1. The van der Waals surface area contributed by atoms with Crippen LogP contribution in [0.2, 0.25) is 0 Å². The molecule has 0 rings (SSSR count). The molecule has 2 unspecified atom stereocenters. The molecule has 0 saturated carbocycles. The third kappa shape index (κ3) is 54.6. The zero-order chi connectivity index (χ0) is 50.6. The first kappa shape index (κ1) is 66.5. The Hall–Kier alpha value is -2.55. The molecule has 0 aliphatic rings. The molecule has 0 heterocycles. The average molecular weight is 989 g/mol. The van der Waals surface area contributed by atoms with Crippen molar-refractivity contribution in [1.82, 2.24) is 0 Å². The molecule has 0 fully saturated rings. The first-order valence-corrected chi connectivity index (χ1v) is 29.7. The maximum atomic E-state index is 12.8. The van der Waals surface area contributed by atoms with Crippen molar-refractivity contribution in [3.8, 4) is 0 Å². The summed E-state index contributed by atoms with van der Waals surface area (Å²) in [5.41, 5.74) is 0. The van der Waals surface area contributed by atoms with Crippen LogP contribution < -0.4 is 0 Å². The van der Waals surface area contributed by atoms with Crippen molar-refractivity contribution in [1.29, 1.82) is 0 Å². The van der Waals surface area contributed by atoms with Gasteiger partial charge in [0.15, 0.2) is 6.10 Å². The topological polar surface area (TPSA) is 108 Å². The molecule has 69 heavy (non-hydrogen) atoms. The van der Waals surface area contributed by atoms with E-state index in [1.165, 1.54) is 122 Å². The highest BCUT2D eigenvalue weighted by Gasteiger charge is 2.27. The Morgan fingerprint density at radius 2 is 0.826 bits per heavy atom. The summed E-state index contributed by atoms with van der Waals surface area (Å²) in [4.78, 5) is 35.7. The van der Waals surface area contributed by atoms with Crippen molar-refractivity contribution in [2.75, 3.05) is 47.5 Å². The zero-order valence-electron chi connectivity index (χ0n) is 45.3. The van der Waals surface area contributed by atoms with E-state index in [1.54, 1.807) is 0 Å². The van der Waals surface area contributed by atoms with Crippen LogP contribution in [0.3, 0.4) is 0 Å². The molecule has 400 valence electrons. The average Bonchev–Trinajstić information content (AvgIpc) is 3.31. The Kier molecular flexibility index (Phi) is 48.5. The van der Waals surface area contributed by atoms with Crippen molar-refractivity contribution in [3.05, 3.63) is 72.9 Å². The molecule has 10 heteroatoms. The van der Waals surface area contributed by atoms with E-state index >= 15 is 0 Å². The minimum Gasteiger partial charge on any atom is -0.462 e. The summed E-state index contributed by atoms with van der Waals surface area (Å²) in [7, 11) is 1.47. The van der Waals surface area contributed by atoms with E-state index in [2.05, 4.69) is 86.8 Å². The first-order valence-electron chi connectivity index (χ1n) is 28.2. The standard InChI is InChI=1S/C59H106NO8P/c1-6-8-10-12-14-16-18-20-22-24-26-27-28-29-30-31-32-33-34-36-38-40-42-44-46-48-50-52-59(62)68-57(56-67-69(63,64)66-54-53-60(3,4)5)55-65-58(61)51-49-47-45-43-41-39-37-35-25-23-21-19-17-15-13-11-9-7-2/h8,10,14,16-17,19-20,22-23,25-27,57H,6-7,9,11-13,15,18,21,24,28-56H2,1-5H3/p+1/b10-8-,16-14-,19-17-,22-20-,25-23-,27-26-. The van der Waals surface area contributed by atoms with E-state index in [9.17, 15) is 19.0 Å². The van der Waals surface area contributed by atoms with Crippen LogP contribution in [-0.2, 0) is 32.7 Å². The number of carbonyl (C=O) groups excluding carboxylic acids is 2. The molecule has 0 bridgehead atoms. The van der Waals surface area contributed by atoms with Gasteiger partial charge in [-0.15, -0.1) is 0 Å². The van der Waals surface area contributed by atoms with E-state index in [4.69, 9.17) is 18.5 Å². The van der Waals surface area contributed by atoms with Crippen LogP contribution in [0.15, 0.2) is 72.9 Å². The van der Waals surface area contributed by atoms with E-state index in [-0.39, 0.29) is 32.0 Å². The normalized spacial score (nSPS) is 13.9. The van der Waals surface area contributed by atoms with Gasteiger partial charge in [0.2, 0.25) is 0 Å². The highest BCUT2D eigenvalue weighted by molar-refractivity contribution is 7.47. The first-order chi connectivity index (χ1) is 33.5. The lowest BCUT2D eigenvalue weighted by molar-refractivity contribution is -0.870. The summed E-state index contributed by atoms with van der Waals surface area (Å²) in [6.45, 7) is 4.31. The second kappa shape index (κ2) is 50.4. The van der Waals surface area contributed by atoms with E-state index in [0.717, 1.165) is 83.5 Å². The summed E-state index contributed by atoms with van der Waals surface area (Å²) in [6.07, 6.45) is 65.3. The quantitative estimate of drug-likeness (QED) is 0.0211. The number of quaternary nitrogens is 1. The lowest BCUT2D eigenvalue weighted by Crippen LogP contribution is -2.37. The predicted molar refractivity (Wildman–Crippen MR) is 293 cm³/mol. The minimum atomic E-state index is -4.39. The predicted octanol–water partition coefficient (Wildman–Crippen LogP) is 17.3. The number of hydrogen-bond donors (Lipinski definition) is 1. The number of carbonyl (C=O) groups is 2. The number of allylic oxidation sites excluding steroid dienone is 12. The molecule has 0 aliphatic heterocycles. The summed E-state index contributed by atoms with van der Waals surface area (Å²) in [5, 5.41) is 0. The fourth-order valence-electron chi connectivity index (χ4n) is 7.63. The maximum Gasteiger partial charge on any atom is 0.472 e. The van der Waals surface area contributed by atoms with Crippen molar-refractivity contribution < 1.29 is 42.1 Å². The van der Waals surface area contributed by atoms with Crippen LogP contribution in [0.25, 0.3) is 0 Å². The molecule has 0 aliphatic carbocycles. The van der Waals surface area contributed by atoms with Crippen LogP contribution in [0.1, 0.15) is 239 Å². The molecule has 9 nitrogen and oxygen atoms in total. The second-order valence-electron chi connectivity index (χ2n) is 19.9. The molecule has 0 saturated heterocycles. The van der Waals surface area contributed by atoms with Crippen molar-refractivity contribution in [2.45, 2.75) is 245 Å².